The highest BCUT2D eigenvalue weighted by Crippen LogP contribution is 2.31. The van der Waals surface area contributed by atoms with Crippen LogP contribution in [0.2, 0.25) is 6.82 Å². The SMILES string of the molecule is CB(c1ccc(-c2ccccc2)cc1)c1ccccc1-c1ccc(C)c(-c2ccccc2C)c1. The quantitative estimate of drug-likeness (QED) is 0.250. The molecule has 0 saturated carbocycles. The minimum absolute atomic E-state index is 0.296. The van der Waals surface area contributed by atoms with Crippen molar-refractivity contribution in [2.75, 3.05) is 0 Å². The van der Waals surface area contributed by atoms with Crippen molar-refractivity contribution in [3.05, 3.63) is 132 Å². The highest BCUT2D eigenvalue weighted by atomic mass is 14.1. The molecule has 0 heterocycles. The predicted molar refractivity (Wildman–Crippen MR) is 150 cm³/mol. The summed E-state index contributed by atoms with van der Waals surface area (Å²) in [6.45, 7) is 7.00. The fraction of sp³-hybridized carbons (Fsp3) is 0.0909. The third-order valence-electron chi connectivity index (χ3n) is 6.93. The first-order valence-corrected chi connectivity index (χ1v) is 12.0. The van der Waals surface area contributed by atoms with Gasteiger partial charge in [0, 0.05) is 0 Å². The minimum Gasteiger partial charge on any atom is -0.0774 e. The molecule has 0 spiro atoms. The monoisotopic (exact) mass is 436 g/mol. The van der Waals surface area contributed by atoms with Crippen LogP contribution in [0.5, 0.6) is 0 Å². The summed E-state index contributed by atoms with van der Waals surface area (Å²) in [5.74, 6) is 0. The summed E-state index contributed by atoms with van der Waals surface area (Å²) in [7, 11) is 0. The summed E-state index contributed by atoms with van der Waals surface area (Å²) in [5, 5.41) is 0. The van der Waals surface area contributed by atoms with E-state index in [9.17, 15) is 0 Å². The molecule has 0 fully saturated rings. The third-order valence-corrected chi connectivity index (χ3v) is 6.93. The van der Waals surface area contributed by atoms with Gasteiger partial charge in [0.15, 0.2) is 0 Å². The molecule has 1 heteroatoms. The van der Waals surface area contributed by atoms with Gasteiger partial charge in [-0.1, -0.05) is 133 Å². The van der Waals surface area contributed by atoms with E-state index in [4.69, 9.17) is 0 Å². The van der Waals surface area contributed by atoms with E-state index in [2.05, 4.69) is 142 Å². The molecule has 0 aliphatic heterocycles. The zero-order valence-electron chi connectivity index (χ0n) is 20.1. The Balaban J connectivity index is 1.52. The Morgan fingerprint density at radius 3 is 1.74 bits per heavy atom. The lowest BCUT2D eigenvalue weighted by Gasteiger charge is -2.17. The minimum atomic E-state index is 0.296. The van der Waals surface area contributed by atoms with Crippen LogP contribution in [0, 0.1) is 13.8 Å². The summed E-state index contributed by atoms with van der Waals surface area (Å²) in [6, 6.07) is 44.0. The maximum atomic E-state index is 2.36. The normalized spacial score (nSPS) is 10.8. The van der Waals surface area contributed by atoms with Crippen LogP contribution >= 0.6 is 0 Å². The van der Waals surface area contributed by atoms with Gasteiger partial charge in [-0.15, -0.1) is 0 Å². The van der Waals surface area contributed by atoms with Crippen molar-refractivity contribution >= 4 is 17.6 Å². The highest BCUT2D eigenvalue weighted by molar-refractivity contribution is 6.85. The van der Waals surface area contributed by atoms with Gasteiger partial charge in [-0.05, 0) is 64.4 Å². The Bertz CT molecular complexity index is 1420. The number of hydrogen-bond donors (Lipinski definition) is 0. The van der Waals surface area contributed by atoms with Crippen LogP contribution in [0.1, 0.15) is 11.1 Å². The number of benzene rings is 5. The van der Waals surface area contributed by atoms with Crippen LogP contribution in [0.15, 0.2) is 121 Å². The Morgan fingerprint density at radius 1 is 0.441 bits per heavy atom. The van der Waals surface area contributed by atoms with E-state index >= 15 is 0 Å². The zero-order chi connectivity index (χ0) is 23.5. The van der Waals surface area contributed by atoms with E-state index < -0.39 is 0 Å². The van der Waals surface area contributed by atoms with Crippen molar-refractivity contribution < 1.29 is 0 Å². The van der Waals surface area contributed by atoms with E-state index in [1.54, 1.807) is 0 Å². The topological polar surface area (TPSA) is 0 Å². The molecular weight excluding hydrogens is 407 g/mol. The van der Waals surface area contributed by atoms with Crippen LogP contribution in [0.4, 0.5) is 0 Å². The van der Waals surface area contributed by atoms with Crippen molar-refractivity contribution in [2.45, 2.75) is 20.7 Å². The lowest BCUT2D eigenvalue weighted by molar-refractivity contribution is 1.41. The molecule has 0 unspecified atom stereocenters. The largest absolute Gasteiger partial charge is 0.207 e. The van der Waals surface area contributed by atoms with Crippen molar-refractivity contribution in [3.8, 4) is 33.4 Å². The Labute approximate surface area is 204 Å². The molecule has 5 aromatic rings. The van der Waals surface area contributed by atoms with Crippen molar-refractivity contribution in [1.82, 2.24) is 0 Å². The van der Waals surface area contributed by atoms with E-state index in [-0.39, 0.29) is 0 Å². The smallest absolute Gasteiger partial charge is 0.0774 e. The van der Waals surface area contributed by atoms with Gasteiger partial charge >= 0.3 is 0 Å². The van der Waals surface area contributed by atoms with Gasteiger partial charge in [-0.25, -0.2) is 0 Å². The zero-order valence-corrected chi connectivity index (χ0v) is 20.1. The van der Waals surface area contributed by atoms with Gasteiger partial charge in [0.25, 0.3) is 0 Å². The molecule has 0 aliphatic carbocycles. The summed E-state index contributed by atoms with van der Waals surface area (Å²) in [6.07, 6.45) is 0. The highest BCUT2D eigenvalue weighted by Gasteiger charge is 2.18. The van der Waals surface area contributed by atoms with E-state index in [1.165, 1.54) is 55.4 Å². The maximum Gasteiger partial charge on any atom is 0.207 e. The molecule has 0 saturated heterocycles. The van der Waals surface area contributed by atoms with Crippen LogP contribution in [0.3, 0.4) is 0 Å². The molecule has 0 N–H and O–H groups in total. The van der Waals surface area contributed by atoms with Gasteiger partial charge in [0.05, 0.1) is 0 Å². The lowest BCUT2D eigenvalue weighted by atomic mass is 9.41. The summed E-state index contributed by atoms with van der Waals surface area (Å²) < 4.78 is 0. The average molecular weight is 436 g/mol. The molecule has 0 bridgehead atoms. The second-order valence-corrected chi connectivity index (χ2v) is 9.14. The first-order chi connectivity index (χ1) is 16.6. The molecule has 5 aromatic carbocycles. The lowest BCUT2D eigenvalue weighted by Crippen LogP contribution is -2.40. The van der Waals surface area contributed by atoms with Crippen LogP contribution in [-0.4, -0.2) is 6.71 Å². The van der Waals surface area contributed by atoms with E-state index in [0.717, 1.165) is 0 Å². The molecule has 0 aromatic heterocycles. The van der Waals surface area contributed by atoms with Gasteiger partial charge < -0.3 is 0 Å². The molecule has 34 heavy (non-hydrogen) atoms. The Morgan fingerprint density at radius 2 is 1.00 bits per heavy atom. The van der Waals surface area contributed by atoms with Crippen LogP contribution < -0.4 is 10.9 Å². The summed E-state index contributed by atoms with van der Waals surface area (Å²) in [4.78, 5) is 0. The van der Waals surface area contributed by atoms with Crippen molar-refractivity contribution in [3.63, 3.8) is 0 Å². The van der Waals surface area contributed by atoms with Crippen molar-refractivity contribution in [1.29, 1.82) is 0 Å². The Kier molecular flexibility index (Phi) is 6.19. The molecule has 164 valence electrons. The standard InChI is InChI=1S/C33H29B/c1-24-11-7-8-14-30(24)32-23-28(18-17-25(32)2)31-15-9-10-16-33(31)34(3)29-21-19-27(20-22-29)26-12-5-4-6-13-26/h4-23H,1-3H3. The van der Waals surface area contributed by atoms with E-state index in [1.807, 2.05) is 0 Å². The summed E-state index contributed by atoms with van der Waals surface area (Å²) in [5.41, 5.74) is 13.0. The third kappa shape index (κ3) is 4.34. The second-order valence-electron chi connectivity index (χ2n) is 9.14. The number of hydrogen-bond acceptors (Lipinski definition) is 0. The van der Waals surface area contributed by atoms with Crippen LogP contribution in [0.25, 0.3) is 33.4 Å². The Hall–Kier alpha value is -3.84. The molecule has 0 amide bonds. The van der Waals surface area contributed by atoms with Gasteiger partial charge in [0.1, 0.15) is 0 Å². The van der Waals surface area contributed by atoms with Gasteiger partial charge in [0.2, 0.25) is 6.71 Å². The molecule has 5 rings (SSSR count). The van der Waals surface area contributed by atoms with Gasteiger partial charge in [-0.2, -0.15) is 0 Å². The molecule has 0 atom stereocenters. The average Bonchev–Trinajstić information content (AvgIpc) is 2.90. The first kappa shape index (κ1) is 22.0. The molecule has 0 radical (unpaired) electrons. The fourth-order valence-electron chi connectivity index (χ4n) is 4.87. The second kappa shape index (κ2) is 9.57. The molecule has 0 aliphatic rings. The van der Waals surface area contributed by atoms with E-state index in [0.29, 0.717) is 6.71 Å². The van der Waals surface area contributed by atoms with Crippen LogP contribution in [-0.2, 0) is 0 Å². The maximum absolute atomic E-state index is 2.36. The summed E-state index contributed by atoms with van der Waals surface area (Å²) >= 11 is 0. The predicted octanol–water partition coefficient (Wildman–Crippen LogP) is 7.54. The van der Waals surface area contributed by atoms with Gasteiger partial charge in [-0.3, -0.25) is 0 Å². The molecule has 0 nitrogen and oxygen atoms in total. The fourth-order valence-corrected chi connectivity index (χ4v) is 4.87. The van der Waals surface area contributed by atoms with Crippen molar-refractivity contribution in [2.24, 2.45) is 0 Å². The number of rotatable bonds is 5. The first-order valence-electron chi connectivity index (χ1n) is 12.0. The molecular formula is C33H29B. The number of aryl methyl sites for hydroxylation is 2.